The molecule has 1 amide bonds. The van der Waals surface area contributed by atoms with Crippen LogP contribution in [0.2, 0.25) is 5.02 Å². The highest BCUT2D eigenvalue weighted by Crippen LogP contribution is 2.27. The minimum atomic E-state index is -3.71. The average Bonchev–Trinajstić information content (AvgIpc) is 3.01. The number of sulfonamides is 1. The van der Waals surface area contributed by atoms with E-state index in [0.717, 1.165) is 58.2 Å². The molecule has 2 rings (SSSR count). The van der Waals surface area contributed by atoms with E-state index in [9.17, 15) is 13.2 Å². The van der Waals surface area contributed by atoms with Crippen molar-refractivity contribution in [2.75, 3.05) is 32.7 Å². The van der Waals surface area contributed by atoms with Crippen LogP contribution in [0.3, 0.4) is 0 Å². The van der Waals surface area contributed by atoms with E-state index in [1.54, 1.807) is 6.07 Å². The van der Waals surface area contributed by atoms with Gasteiger partial charge in [0.2, 0.25) is 10.0 Å². The summed E-state index contributed by atoms with van der Waals surface area (Å²) in [6.45, 7) is 10.3. The Morgan fingerprint density at radius 1 is 1.17 bits per heavy atom. The summed E-state index contributed by atoms with van der Waals surface area (Å²) in [5.41, 5.74) is 0.323. The fourth-order valence-electron chi connectivity index (χ4n) is 3.80. The van der Waals surface area contributed by atoms with Gasteiger partial charge in [-0.3, -0.25) is 4.79 Å². The van der Waals surface area contributed by atoms with Crippen LogP contribution in [0, 0.1) is 0 Å². The summed E-state index contributed by atoms with van der Waals surface area (Å²) in [6, 6.07) is 4.52. The van der Waals surface area contributed by atoms with Gasteiger partial charge in [-0.05, 0) is 70.4 Å². The van der Waals surface area contributed by atoms with Crippen molar-refractivity contribution in [1.29, 1.82) is 0 Å². The van der Waals surface area contributed by atoms with E-state index in [1.165, 1.54) is 16.4 Å². The zero-order valence-corrected chi connectivity index (χ0v) is 20.1. The standard InChI is InChI=1S/C22H36ClN3O3S/c1-4-25(5-2)14-10-11-18(3)24-22(27)19-12-13-20(23)21(17-19)30(28,29)26-15-8-6-7-9-16-26/h12-13,17-18H,4-11,14-16H2,1-3H3,(H,24,27). The number of amides is 1. The van der Waals surface area contributed by atoms with Crippen molar-refractivity contribution in [2.45, 2.75) is 70.2 Å². The molecule has 1 aliphatic heterocycles. The van der Waals surface area contributed by atoms with Crippen molar-refractivity contribution in [3.05, 3.63) is 28.8 Å². The van der Waals surface area contributed by atoms with E-state index in [0.29, 0.717) is 18.7 Å². The second kappa shape index (κ2) is 12.0. The van der Waals surface area contributed by atoms with Gasteiger partial charge in [-0.25, -0.2) is 8.42 Å². The molecule has 1 heterocycles. The smallest absolute Gasteiger partial charge is 0.251 e. The average molecular weight is 458 g/mol. The first kappa shape index (κ1) is 25.1. The first-order valence-electron chi connectivity index (χ1n) is 11.1. The van der Waals surface area contributed by atoms with Crippen LogP contribution in [-0.2, 0) is 10.0 Å². The SMILES string of the molecule is CCN(CC)CCCC(C)NC(=O)c1ccc(Cl)c(S(=O)(=O)N2CCCCCC2)c1. The lowest BCUT2D eigenvalue weighted by Crippen LogP contribution is -2.34. The molecule has 1 fully saturated rings. The molecule has 6 nitrogen and oxygen atoms in total. The molecule has 1 N–H and O–H groups in total. The van der Waals surface area contributed by atoms with Gasteiger partial charge in [-0.1, -0.05) is 38.3 Å². The monoisotopic (exact) mass is 457 g/mol. The maximum Gasteiger partial charge on any atom is 0.251 e. The third kappa shape index (κ3) is 6.94. The van der Waals surface area contributed by atoms with Crippen LogP contribution in [0.1, 0.15) is 69.7 Å². The Balaban J connectivity index is 2.05. The predicted molar refractivity (Wildman–Crippen MR) is 123 cm³/mol. The largest absolute Gasteiger partial charge is 0.350 e. The van der Waals surface area contributed by atoms with Crippen LogP contribution < -0.4 is 5.32 Å². The maximum absolute atomic E-state index is 13.1. The van der Waals surface area contributed by atoms with Crippen molar-refractivity contribution >= 4 is 27.5 Å². The van der Waals surface area contributed by atoms with Crippen LogP contribution >= 0.6 is 11.6 Å². The normalized spacial score (nSPS) is 17.0. The highest BCUT2D eigenvalue weighted by Gasteiger charge is 2.28. The molecule has 0 saturated carbocycles. The highest BCUT2D eigenvalue weighted by molar-refractivity contribution is 7.89. The molecule has 1 aromatic rings. The number of hydrogen-bond acceptors (Lipinski definition) is 4. The van der Waals surface area contributed by atoms with Crippen molar-refractivity contribution in [3.63, 3.8) is 0 Å². The van der Waals surface area contributed by atoms with Gasteiger partial charge in [0.15, 0.2) is 0 Å². The molecule has 1 unspecified atom stereocenters. The molecule has 1 aromatic carbocycles. The van der Waals surface area contributed by atoms with Crippen molar-refractivity contribution in [3.8, 4) is 0 Å². The van der Waals surface area contributed by atoms with Gasteiger partial charge in [-0.2, -0.15) is 4.31 Å². The topological polar surface area (TPSA) is 69.7 Å². The summed E-state index contributed by atoms with van der Waals surface area (Å²) in [6.07, 6.45) is 5.64. The summed E-state index contributed by atoms with van der Waals surface area (Å²) in [5, 5.41) is 3.14. The maximum atomic E-state index is 13.1. The first-order valence-corrected chi connectivity index (χ1v) is 12.9. The molecule has 1 saturated heterocycles. The third-order valence-electron chi connectivity index (χ3n) is 5.76. The van der Waals surface area contributed by atoms with E-state index < -0.39 is 10.0 Å². The van der Waals surface area contributed by atoms with Gasteiger partial charge in [0.25, 0.3) is 5.91 Å². The van der Waals surface area contributed by atoms with E-state index in [4.69, 9.17) is 11.6 Å². The Bertz CT molecular complexity index is 789. The molecule has 0 radical (unpaired) electrons. The van der Waals surface area contributed by atoms with Crippen LogP contribution in [0.5, 0.6) is 0 Å². The number of rotatable bonds is 10. The van der Waals surface area contributed by atoms with Crippen LogP contribution in [0.25, 0.3) is 0 Å². The minimum Gasteiger partial charge on any atom is -0.350 e. The predicted octanol–water partition coefficient (Wildman–Crippen LogP) is 4.15. The lowest BCUT2D eigenvalue weighted by Gasteiger charge is -2.21. The van der Waals surface area contributed by atoms with E-state index in [-0.39, 0.29) is 21.9 Å². The van der Waals surface area contributed by atoms with Crippen LogP contribution in [0.15, 0.2) is 23.1 Å². The number of benzene rings is 1. The Hall–Kier alpha value is -1.15. The lowest BCUT2D eigenvalue weighted by atomic mass is 10.1. The summed E-state index contributed by atoms with van der Waals surface area (Å²) >= 11 is 6.23. The fourth-order valence-corrected chi connectivity index (χ4v) is 5.82. The van der Waals surface area contributed by atoms with E-state index >= 15 is 0 Å². The van der Waals surface area contributed by atoms with Crippen molar-refractivity contribution in [2.24, 2.45) is 0 Å². The molecule has 30 heavy (non-hydrogen) atoms. The summed E-state index contributed by atoms with van der Waals surface area (Å²) in [7, 11) is -3.71. The van der Waals surface area contributed by atoms with E-state index in [2.05, 4.69) is 24.1 Å². The quantitative estimate of drug-likeness (QED) is 0.573. The van der Waals surface area contributed by atoms with Crippen LogP contribution in [0.4, 0.5) is 0 Å². The zero-order chi connectivity index (χ0) is 22.1. The van der Waals surface area contributed by atoms with Gasteiger partial charge in [-0.15, -0.1) is 0 Å². The summed E-state index contributed by atoms with van der Waals surface area (Å²) in [4.78, 5) is 15.1. The fraction of sp³-hybridized carbons (Fsp3) is 0.682. The summed E-state index contributed by atoms with van der Waals surface area (Å²) in [5.74, 6) is -0.269. The Morgan fingerprint density at radius 3 is 2.40 bits per heavy atom. The Kier molecular flexibility index (Phi) is 10.1. The molecule has 1 aliphatic rings. The van der Waals surface area contributed by atoms with E-state index in [1.807, 2.05) is 6.92 Å². The molecular weight excluding hydrogens is 422 g/mol. The van der Waals surface area contributed by atoms with Gasteiger partial charge in [0.1, 0.15) is 4.90 Å². The number of carbonyl (C=O) groups is 1. The van der Waals surface area contributed by atoms with Gasteiger partial charge < -0.3 is 10.2 Å². The number of carbonyl (C=O) groups excluding carboxylic acids is 1. The molecule has 8 heteroatoms. The molecule has 0 bridgehead atoms. The number of halogens is 1. The molecule has 170 valence electrons. The molecule has 0 spiro atoms. The summed E-state index contributed by atoms with van der Waals surface area (Å²) < 4.78 is 27.7. The molecule has 1 atom stereocenters. The number of nitrogens with zero attached hydrogens (tertiary/aromatic N) is 2. The zero-order valence-electron chi connectivity index (χ0n) is 18.5. The molecule has 0 aromatic heterocycles. The van der Waals surface area contributed by atoms with Crippen molar-refractivity contribution < 1.29 is 13.2 Å². The molecule has 0 aliphatic carbocycles. The Labute approximate surface area is 187 Å². The van der Waals surface area contributed by atoms with Crippen LogP contribution in [-0.4, -0.2) is 62.3 Å². The number of hydrogen-bond donors (Lipinski definition) is 1. The second-order valence-electron chi connectivity index (χ2n) is 8.01. The van der Waals surface area contributed by atoms with Gasteiger partial charge >= 0.3 is 0 Å². The van der Waals surface area contributed by atoms with Gasteiger partial charge in [0, 0.05) is 24.7 Å². The van der Waals surface area contributed by atoms with Gasteiger partial charge in [0.05, 0.1) is 5.02 Å². The lowest BCUT2D eigenvalue weighted by molar-refractivity contribution is 0.0937. The Morgan fingerprint density at radius 2 is 1.80 bits per heavy atom. The number of nitrogens with one attached hydrogen (secondary N) is 1. The minimum absolute atomic E-state index is 0.00871. The second-order valence-corrected chi connectivity index (χ2v) is 10.3. The third-order valence-corrected chi connectivity index (χ3v) is 8.14. The van der Waals surface area contributed by atoms with Crippen molar-refractivity contribution in [1.82, 2.24) is 14.5 Å². The first-order chi connectivity index (χ1) is 14.3. The molecular formula is C22H36ClN3O3S. The highest BCUT2D eigenvalue weighted by atomic mass is 35.5.